The highest BCUT2D eigenvalue weighted by molar-refractivity contribution is 8.00. The van der Waals surface area contributed by atoms with Crippen LogP contribution in [0.3, 0.4) is 0 Å². The number of nitrogens with one attached hydrogen (secondary N) is 1. The van der Waals surface area contributed by atoms with Gasteiger partial charge in [-0.25, -0.2) is 15.0 Å². The first kappa shape index (κ1) is 12.3. The summed E-state index contributed by atoms with van der Waals surface area (Å²) in [4.78, 5) is 12.7. The van der Waals surface area contributed by atoms with Crippen LogP contribution in [0.5, 0.6) is 0 Å². The molecule has 0 aliphatic rings. The van der Waals surface area contributed by atoms with Crippen LogP contribution in [0.4, 0.5) is 5.82 Å². The summed E-state index contributed by atoms with van der Waals surface area (Å²) in [5.74, 6) is 1.23. The molecule has 2 aromatic heterocycles. The first-order valence-electron chi connectivity index (χ1n) is 5.19. The van der Waals surface area contributed by atoms with E-state index in [1.54, 1.807) is 12.7 Å². The Kier molecular flexibility index (Phi) is 3.90. The SMILES string of the molecule is CNc1ncnc(Sc2ncns2)c1C(C)C. The third kappa shape index (κ3) is 2.73. The molecular formula is C10H13N5S2. The van der Waals surface area contributed by atoms with E-state index >= 15 is 0 Å². The second-order valence-electron chi connectivity index (χ2n) is 3.66. The third-order valence-electron chi connectivity index (χ3n) is 2.19. The van der Waals surface area contributed by atoms with E-state index in [4.69, 9.17) is 0 Å². The molecule has 0 bridgehead atoms. The monoisotopic (exact) mass is 267 g/mol. The Balaban J connectivity index is 2.39. The van der Waals surface area contributed by atoms with Gasteiger partial charge in [-0.05, 0) is 29.2 Å². The molecule has 5 nitrogen and oxygen atoms in total. The number of aromatic nitrogens is 4. The fourth-order valence-corrected chi connectivity index (χ4v) is 3.07. The molecule has 0 atom stereocenters. The van der Waals surface area contributed by atoms with Crippen LogP contribution in [0.15, 0.2) is 22.0 Å². The largest absolute Gasteiger partial charge is 0.373 e. The molecule has 0 aliphatic heterocycles. The van der Waals surface area contributed by atoms with E-state index in [2.05, 4.69) is 38.5 Å². The van der Waals surface area contributed by atoms with Crippen molar-refractivity contribution in [1.29, 1.82) is 0 Å². The van der Waals surface area contributed by atoms with Crippen LogP contribution in [-0.2, 0) is 0 Å². The van der Waals surface area contributed by atoms with Crippen molar-refractivity contribution in [2.45, 2.75) is 29.1 Å². The van der Waals surface area contributed by atoms with Gasteiger partial charge >= 0.3 is 0 Å². The van der Waals surface area contributed by atoms with Crippen molar-refractivity contribution in [2.24, 2.45) is 0 Å². The fourth-order valence-electron chi connectivity index (χ4n) is 1.47. The summed E-state index contributed by atoms with van der Waals surface area (Å²) in [6, 6.07) is 0. The van der Waals surface area contributed by atoms with E-state index in [1.165, 1.54) is 23.3 Å². The zero-order valence-electron chi connectivity index (χ0n) is 9.84. The average molecular weight is 267 g/mol. The van der Waals surface area contributed by atoms with E-state index in [9.17, 15) is 0 Å². The smallest absolute Gasteiger partial charge is 0.176 e. The molecule has 17 heavy (non-hydrogen) atoms. The second-order valence-corrected chi connectivity index (χ2v) is 5.67. The van der Waals surface area contributed by atoms with Gasteiger partial charge in [0.1, 0.15) is 23.5 Å². The summed E-state index contributed by atoms with van der Waals surface area (Å²) in [7, 11) is 1.87. The Morgan fingerprint density at radius 2 is 2.06 bits per heavy atom. The van der Waals surface area contributed by atoms with Crippen LogP contribution < -0.4 is 5.32 Å². The van der Waals surface area contributed by atoms with Crippen molar-refractivity contribution in [3.63, 3.8) is 0 Å². The van der Waals surface area contributed by atoms with Gasteiger partial charge in [0.25, 0.3) is 0 Å². The summed E-state index contributed by atoms with van der Waals surface area (Å²) >= 11 is 2.91. The number of nitrogens with zero attached hydrogens (tertiary/aromatic N) is 4. The van der Waals surface area contributed by atoms with Gasteiger partial charge in [0.15, 0.2) is 4.34 Å². The van der Waals surface area contributed by atoms with Crippen LogP contribution in [-0.4, -0.2) is 26.4 Å². The van der Waals surface area contributed by atoms with Gasteiger partial charge in [-0.2, -0.15) is 4.37 Å². The molecule has 0 amide bonds. The minimum absolute atomic E-state index is 0.356. The molecule has 0 unspecified atom stereocenters. The molecule has 0 radical (unpaired) electrons. The molecule has 7 heteroatoms. The number of hydrogen-bond acceptors (Lipinski definition) is 7. The quantitative estimate of drug-likeness (QED) is 0.859. The van der Waals surface area contributed by atoms with Crippen LogP contribution in [0.25, 0.3) is 0 Å². The maximum absolute atomic E-state index is 4.33. The molecule has 2 aromatic rings. The molecule has 0 saturated carbocycles. The zero-order valence-corrected chi connectivity index (χ0v) is 11.5. The minimum Gasteiger partial charge on any atom is -0.373 e. The molecular weight excluding hydrogens is 254 g/mol. The predicted octanol–water partition coefficient (Wildman–Crippen LogP) is 2.64. The van der Waals surface area contributed by atoms with E-state index in [1.807, 2.05) is 7.05 Å². The molecule has 0 aromatic carbocycles. The van der Waals surface area contributed by atoms with Crippen molar-refractivity contribution < 1.29 is 0 Å². The van der Waals surface area contributed by atoms with Crippen LogP contribution in [0.1, 0.15) is 25.3 Å². The molecule has 0 fully saturated rings. The lowest BCUT2D eigenvalue weighted by atomic mass is 10.1. The van der Waals surface area contributed by atoms with E-state index < -0.39 is 0 Å². The maximum Gasteiger partial charge on any atom is 0.176 e. The molecule has 0 saturated heterocycles. The van der Waals surface area contributed by atoms with Crippen molar-refractivity contribution in [3.8, 4) is 0 Å². The molecule has 90 valence electrons. The van der Waals surface area contributed by atoms with Crippen molar-refractivity contribution in [3.05, 3.63) is 18.2 Å². The molecule has 1 N–H and O–H groups in total. The third-order valence-corrected chi connectivity index (χ3v) is 3.92. The van der Waals surface area contributed by atoms with Gasteiger partial charge in [0.05, 0.1) is 0 Å². The summed E-state index contributed by atoms with van der Waals surface area (Å²) in [5.41, 5.74) is 1.12. The van der Waals surface area contributed by atoms with Gasteiger partial charge in [0, 0.05) is 12.6 Å². The van der Waals surface area contributed by atoms with E-state index in [0.29, 0.717) is 5.92 Å². The molecule has 2 rings (SSSR count). The lowest BCUT2D eigenvalue weighted by molar-refractivity contribution is 0.806. The van der Waals surface area contributed by atoms with Crippen molar-refractivity contribution in [2.75, 3.05) is 12.4 Å². The molecule has 0 aliphatic carbocycles. The van der Waals surface area contributed by atoms with Gasteiger partial charge in [-0.1, -0.05) is 13.8 Å². The Bertz CT molecular complexity index is 483. The van der Waals surface area contributed by atoms with Crippen molar-refractivity contribution >= 4 is 29.1 Å². The fraction of sp³-hybridized carbons (Fsp3) is 0.400. The number of hydrogen-bond donors (Lipinski definition) is 1. The van der Waals surface area contributed by atoms with E-state index in [0.717, 1.165) is 20.7 Å². The van der Waals surface area contributed by atoms with Gasteiger partial charge in [-0.3, -0.25) is 0 Å². The van der Waals surface area contributed by atoms with Gasteiger partial charge in [-0.15, -0.1) is 0 Å². The standard InChI is InChI=1S/C10H13N5S2/c1-6(2)7-8(11-3)12-4-13-9(7)16-10-14-5-15-17-10/h4-6H,1-3H3,(H,11,12,13). The molecule has 2 heterocycles. The number of rotatable bonds is 4. The van der Waals surface area contributed by atoms with Crippen LogP contribution in [0, 0.1) is 0 Å². The van der Waals surface area contributed by atoms with Crippen LogP contribution >= 0.6 is 23.3 Å². The summed E-state index contributed by atoms with van der Waals surface area (Å²) in [6.07, 6.45) is 3.13. The first-order chi connectivity index (χ1) is 8.22. The van der Waals surface area contributed by atoms with Gasteiger partial charge in [0.2, 0.25) is 0 Å². The van der Waals surface area contributed by atoms with E-state index in [-0.39, 0.29) is 0 Å². The topological polar surface area (TPSA) is 63.6 Å². The first-order valence-corrected chi connectivity index (χ1v) is 6.78. The predicted molar refractivity (Wildman–Crippen MR) is 69.7 cm³/mol. The average Bonchev–Trinajstić information content (AvgIpc) is 2.81. The number of anilines is 1. The second kappa shape index (κ2) is 5.42. The zero-order chi connectivity index (χ0) is 12.3. The Morgan fingerprint density at radius 3 is 2.65 bits per heavy atom. The highest BCUT2D eigenvalue weighted by Gasteiger charge is 2.16. The van der Waals surface area contributed by atoms with Gasteiger partial charge < -0.3 is 5.32 Å². The summed E-state index contributed by atoms with van der Waals surface area (Å²) in [6.45, 7) is 4.26. The highest BCUT2D eigenvalue weighted by Crippen LogP contribution is 2.35. The lowest BCUT2D eigenvalue weighted by Gasteiger charge is -2.13. The Labute approximate surface area is 108 Å². The normalized spacial score (nSPS) is 10.8. The highest BCUT2D eigenvalue weighted by atomic mass is 32.2. The lowest BCUT2D eigenvalue weighted by Crippen LogP contribution is -2.03. The summed E-state index contributed by atoms with van der Waals surface area (Å²) in [5, 5.41) is 4.04. The summed E-state index contributed by atoms with van der Waals surface area (Å²) < 4.78 is 4.88. The van der Waals surface area contributed by atoms with Crippen LogP contribution in [0.2, 0.25) is 0 Å². The Hall–Kier alpha value is -1.21. The maximum atomic E-state index is 4.33. The van der Waals surface area contributed by atoms with Crippen molar-refractivity contribution in [1.82, 2.24) is 19.3 Å². The minimum atomic E-state index is 0.356. The molecule has 0 spiro atoms. The Morgan fingerprint density at radius 1 is 1.24 bits per heavy atom.